The number of amides is 1. The van der Waals surface area contributed by atoms with E-state index in [2.05, 4.69) is 10.6 Å². The molecule has 0 bridgehead atoms. The first-order valence-corrected chi connectivity index (χ1v) is 8.76. The first-order chi connectivity index (χ1) is 12.7. The Morgan fingerprint density at radius 3 is 2.42 bits per heavy atom. The summed E-state index contributed by atoms with van der Waals surface area (Å²) in [7, 11) is 0. The third kappa shape index (κ3) is 5.21. The first kappa shape index (κ1) is 18.2. The highest BCUT2D eigenvalue weighted by Crippen LogP contribution is 2.27. The van der Waals surface area contributed by atoms with Crippen LogP contribution in [0.15, 0.2) is 54.6 Å². The summed E-state index contributed by atoms with van der Waals surface area (Å²) in [5.74, 6) is 0.947. The minimum atomic E-state index is -0.414. The number of nitrogens with one attached hydrogen (secondary N) is 2. The zero-order valence-corrected chi connectivity index (χ0v) is 14.6. The fraction of sp³-hybridized carbons (Fsp3) is 0.350. The fourth-order valence-corrected chi connectivity index (χ4v) is 2.79. The van der Waals surface area contributed by atoms with E-state index in [1.54, 1.807) is 6.07 Å². The Morgan fingerprint density at radius 1 is 1.04 bits per heavy atom. The van der Waals surface area contributed by atoms with Crippen LogP contribution >= 0.6 is 0 Å². The average molecular weight is 356 g/mol. The molecule has 138 valence electrons. The van der Waals surface area contributed by atoms with Gasteiger partial charge in [0.1, 0.15) is 6.61 Å². The van der Waals surface area contributed by atoms with Crippen LogP contribution in [-0.2, 0) is 11.4 Å². The molecule has 1 saturated heterocycles. The zero-order valence-electron chi connectivity index (χ0n) is 14.6. The number of carbonyl (C=O) groups excluding carboxylic acids is 1. The largest absolute Gasteiger partial charge is 0.485 e. The van der Waals surface area contributed by atoms with Crippen molar-refractivity contribution in [3.05, 3.63) is 60.2 Å². The van der Waals surface area contributed by atoms with Crippen LogP contribution in [-0.4, -0.2) is 43.4 Å². The molecule has 26 heavy (non-hydrogen) atoms. The lowest BCUT2D eigenvalue weighted by Gasteiger charge is -2.15. The van der Waals surface area contributed by atoms with Crippen LogP contribution in [0.5, 0.6) is 11.5 Å². The van der Waals surface area contributed by atoms with Crippen molar-refractivity contribution in [2.45, 2.75) is 12.7 Å². The van der Waals surface area contributed by atoms with Crippen LogP contribution in [0.1, 0.15) is 5.56 Å². The second-order valence-electron chi connectivity index (χ2n) is 6.30. The van der Waals surface area contributed by atoms with Gasteiger partial charge in [0.05, 0.1) is 6.10 Å². The van der Waals surface area contributed by atoms with Gasteiger partial charge in [-0.15, -0.1) is 0 Å². The van der Waals surface area contributed by atoms with Crippen LogP contribution in [0.25, 0.3) is 0 Å². The van der Waals surface area contributed by atoms with Gasteiger partial charge in [-0.2, -0.15) is 0 Å². The lowest BCUT2D eigenvalue weighted by Crippen LogP contribution is -2.36. The summed E-state index contributed by atoms with van der Waals surface area (Å²) < 4.78 is 11.4. The Labute approximate surface area is 153 Å². The number of para-hydroxylation sites is 2. The molecule has 2 aromatic carbocycles. The molecule has 1 aliphatic rings. The molecule has 0 radical (unpaired) electrons. The van der Waals surface area contributed by atoms with Crippen LogP contribution < -0.4 is 20.1 Å². The van der Waals surface area contributed by atoms with E-state index in [4.69, 9.17) is 9.47 Å². The summed E-state index contributed by atoms with van der Waals surface area (Å²) in [6, 6.07) is 17.1. The molecule has 2 unspecified atom stereocenters. The van der Waals surface area contributed by atoms with Crippen molar-refractivity contribution in [3.8, 4) is 11.5 Å². The second kappa shape index (κ2) is 9.22. The number of carbonyl (C=O) groups is 1. The molecule has 3 N–H and O–H groups in total. The molecule has 1 amide bonds. The molecule has 1 fully saturated rings. The molecule has 0 aliphatic carbocycles. The van der Waals surface area contributed by atoms with E-state index in [0.29, 0.717) is 37.7 Å². The Kier molecular flexibility index (Phi) is 6.46. The highest BCUT2D eigenvalue weighted by Gasteiger charge is 2.25. The van der Waals surface area contributed by atoms with Crippen LogP contribution in [0.4, 0.5) is 0 Å². The first-order valence-electron chi connectivity index (χ1n) is 8.76. The summed E-state index contributed by atoms with van der Waals surface area (Å²) in [6.45, 7) is 2.05. The fourth-order valence-electron chi connectivity index (χ4n) is 2.79. The van der Waals surface area contributed by atoms with E-state index in [1.807, 2.05) is 48.5 Å². The maximum Gasteiger partial charge on any atom is 0.257 e. The summed E-state index contributed by atoms with van der Waals surface area (Å²) in [4.78, 5) is 12.0. The van der Waals surface area contributed by atoms with Crippen LogP contribution in [0.3, 0.4) is 0 Å². The predicted octanol–water partition coefficient (Wildman–Crippen LogP) is 1.34. The third-order valence-corrected chi connectivity index (χ3v) is 4.31. The van der Waals surface area contributed by atoms with Gasteiger partial charge in [-0.25, -0.2) is 0 Å². The summed E-state index contributed by atoms with van der Waals surface area (Å²) >= 11 is 0. The molecule has 6 nitrogen and oxygen atoms in total. The van der Waals surface area contributed by atoms with Crippen molar-refractivity contribution >= 4 is 5.91 Å². The van der Waals surface area contributed by atoms with E-state index >= 15 is 0 Å². The Morgan fingerprint density at radius 2 is 1.73 bits per heavy atom. The maximum absolute atomic E-state index is 12.0. The van der Waals surface area contributed by atoms with Gasteiger partial charge < -0.3 is 25.2 Å². The van der Waals surface area contributed by atoms with Crippen molar-refractivity contribution < 1.29 is 19.4 Å². The number of β-amino-alcohol motifs (C(OH)–C–C–N with tert-alkyl or cyclic N) is 1. The van der Waals surface area contributed by atoms with Crippen molar-refractivity contribution in [1.29, 1.82) is 0 Å². The van der Waals surface area contributed by atoms with Gasteiger partial charge in [-0.1, -0.05) is 42.5 Å². The monoisotopic (exact) mass is 356 g/mol. The Balaban J connectivity index is 1.47. The summed E-state index contributed by atoms with van der Waals surface area (Å²) in [5, 5.41) is 15.6. The van der Waals surface area contributed by atoms with E-state index in [0.717, 1.165) is 5.56 Å². The highest BCUT2D eigenvalue weighted by molar-refractivity contribution is 5.77. The van der Waals surface area contributed by atoms with Crippen molar-refractivity contribution in [2.75, 3.05) is 26.2 Å². The van der Waals surface area contributed by atoms with Gasteiger partial charge in [-0.05, 0) is 17.7 Å². The van der Waals surface area contributed by atoms with Crippen LogP contribution in [0, 0.1) is 5.92 Å². The molecule has 2 aromatic rings. The summed E-state index contributed by atoms with van der Waals surface area (Å²) in [5.41, 5.74) is 1.06. The van der Waals surface area contributed by atoms with Gasteiger partial charge in [0.2, 0.25) is 0 Å². The maximum atomic E-state index is 12.0. The molecule has 2 atom stereocenters. The van der Waals surface area contributed by atoms with E-state index in [9.17, 15) is 9.90 Å². The molecule has 3 rings (SSSR count). The summed E-state index contributed by atoms with van der Waals surface area (Å²) in [6.07, 6.45) is -0.414. The van der Waals surface area contributed by atoms with E-state index in [1.165, 1.54) is 0 Å². The normalized spacial score (nSPS) is 19.1. The molecule has 0 spiro atoms. The standard InChI is InChI=1S/C20H24N2O4/c23-17-12-21-10-16(17)11-22-20(24)14-26-19-9-5-4-8-18(19)25-13-15-6-2-1-3-7-15/h1-9,16-17,21,23H,10-14H2,(H,22,24). The van der Waals surface area contributed by atoms with Gasteiger partial charge in [0, 0.05) is 25.6 Å². The van der Waals surface area contributed by atoms with Crippen molar-refractivity contribution in [1.82, 2.24) is 10.6 Å². The average Bonchev–Trinajstić information content (AvgIpc) is 3.09. The molecular formula is C20H24N2O4. The lowest BCUT2D eigenvalue weighted by atomic mass is 10.1. The number of ether oxygens (including phenoxy) is 2. The number of aliphatic hydroxyl groups is 1. The Bertz CT molecular complexity index is 708. The van der Waals surface area contributed by atoms with Gasteiger partial charge in [-0.3, -0.25) is 4.79 Å². The number of benzene rings is 2. The Hall–Kier alpha value is -2.57. The zero-order chi connectivity index (χ0) is 18.2. The third-order valence-electron chi connectivity index (χ3n) is 4.31. The highest BCUT2D eigenvalue weighted by atomic mass is 16.5. The minimum absolute atomic E-state index is 0.0421. The quantitative estimate of drug-likeness (QED) is 0.665. The predicted molar refractivity (Wildman–Crippen MR) is 98.1 cm³/mol. The number of hydrogen-bond donors (Lipinski definition) is 3. The molecule has 0 aromatic heterocycles. The van der Waals surface area contributed by atoms with Gasteiger partial charge in [0.15, 0.2) is 18.1 Å². The molecular weight excluding hydrogens is 332 g/mol. The SMILES string of the molecule is O=C(COc1ccccc1OCc1ccccc1)NCC1CNCC1O. The van der Waals surface area contributed by atoms with Gasteiger partial charge in [0.25, 0.3) is 5.91 Å². The smallest absolute Gasteiger partial charge is 0.257 e. The van der Waals surface area contributed by atoms with Gasteiger partial charge >= 0.3 is 0 Å². The molecule has 0 saturated carbocycles. The second-order valence-corrected chi connectivity index (χ2v) is 6.30. The number of aliphatic hydroxyl groups excluding tert-OH is 1. The lowest BCUT2D eigenvalue weighted by molar-refractivity contribution is -0.123. The van der Waals surface area contributed by atoms with Crippen molar-refractivity contribution in [2.24, 2.45) is 5.92 Å². The molecule has 1 aliphatic heterocycles. The number of rotatable bonds is 8. The van der Waals surface area contributed by atoms with Crippen LogP contribution in [0.2, 0.25) is 0 Å². The molecule has 6 heteroatoms. The van der Waals surface area contributed by atoms with E-state index < -0.39 is 6.10 Å². The van der Waals surface area contributed by atoms with E-state index in [-0.39, 0.29) is 18.4 Å². The molecule has 1 heterocycles. The minimum Gasteiger partial charge on any atom is -0.485 e. The van der Waals surface area contributed by atoms with Crippen molar-refractivity contribution in [3.63, 3.8) is 0 Å². The number of hydrogen-bond acceptors (Lipinski definition) is 5. The topological polar surface area (TPSA) is 79.8 Å².